The van der Waals surface area contributed by atoms with Gasteiger partial charge in [-0.3, -0.25) is 10.1 Å². The molecule has 6 nitrogen and oxygen atoms in total. The van der Waals surface area contributed by atoms with E-state index < -0.39 is 4.92 Å². The van der Waals surface area contributed by atoms with Crippen LogP contribution < -0.4 is 15.2 Å². The van der Waals surface area contributed by atoms with Gasteiger partial charge in [-0.15, -0.1) is 0 Å². The molecule has 0 saturated carbocycles. The summed E-state index contributed by atoms with van der Waals surface area (Å²) >= 11 is 0. The highest BCUT2D eigenvalue weighted by Gasteiger charge is 2.11. The molecule has 2 aromatic rings. The van der Waals surface area contributed by atoms with Crippen LogP contribution in [0.15, 0.2) is 42.5 Å². The largest absolute Gasteiger partial charge is 0.496 e. The number of nitrogens with two attached hydrogens (primary N) is 1. The monoisotopic (exact) mass is 274 g/mol. The molecule has 0 amide bonds. The summed E-state index contributed by atoms with van der Waals surface area (Å²) in [6.07, 6.45) is 0. The predicted octanol–water partition coefficient (Wildman–Crippen LogP) is 2.85. The lowest BCUT2D eigenvalue weighted by Crippen LogP contribution is -1.96. The number of nitro benzene ring substituents is 1. The lowest BCUT2D eigenvalue weighted by atomic mass is 10.2. The van der Waals surface area contributed by atoms with E-state index in [0.29, 0.717) is 23.8 Å². The highest BCUT2D eigenvalue weighted by molar-refractivity contribution is 5.47. The van der Waals surface area contributed by atoms with Crippen molar-refractivity contribution < 1.29 is 14.4 Å². The van der Waals surface area contributed by atoms with Gasteiger partial charge in [0.05, 0.1) is 24.2 Å². The highest BCUT2D eigenvalue weighted by atomic mass is 16.6. The maximum Gasteiger partial charge on any atom is 0.276 e. The molecule has 0 radical (unpaired) electrons. The molecule has 0 unspecified atom stereocenters. The Morgan fingerprint density at radius 3 is 2.55 bits per heavy atom. The SMILES string of the molecule is COc1cc(Oc2cccc(CN)c2)cc([N+](=O)[O-])c1. The van der Waals surface area contributed by atoms with Crippen LogP contribution in [0, 0.1) is 10.1 Å². The van der Waals surface area contributed by atoms with Crippen LogP contribution in [0.1, 0.15) is 5.56 Å². The molecule has 0 atom stereocenters. The average Bonchev–Trinajstić information content (AvgIpc) is 2.47. The number of nitro groups is 1. The number of hydrogen-bond acceptors (Lipinski definition) is 5. The number of methoxy groups -OCH3 is 1. The third-order valence-corrected chi connectivity index (χ3v) is 2.68. The Morgan fingerprint density at radius 1 is 1.15 bits per heavy atom. The summed E-state index contributed by atoms with van der Waals surface area (Å²) < 4.78 is 10.6. The summed E-state index contributed by atoms with van der Waals surface area (Å²) in [5.41, 5.74) is 6.38. The maximum absolute atomic E-state index is 10.9. The molecule has 0 saturated heterocycles. The Bertz CT molecular complexity index is 628. The Balaban J connectivity index is 2.32. The smallest absolute Gasteiger partial charge is 0.276 e. The first-order valence-electron chi connectivity index (χ1n) is 5.92. The highest BCUT2D eigenvalue weighted by Crippen LogP contribution is 2.30. The number of hydrogen-bond donors (Lipinski definition) is 1. The quantitative estimate of drug-likeness (QED) is 0.669. The van der Waals surface area contributed by atoms with Gasteiger partial charge in [0, 0.05) is 12.6 Å². The van der Waals surface area contributed by atoms with Crippen LogP contribution in [-0.4, -0.2) is 12.0 Å². The van der Waals surface area contributed by atoms with Gasteiger partial charge in [0.15, 0.2) is 0 Å². The second kappa shape index (κ2) is 6.03. The third kappa shape index (κ3) is 3.24. The first-order chi connectivity index (χ1) is 9.62. The first kappa shape index (κ1) is 13.8. The van der Waals surface area contributed by atoms with Crippen LogP contribution in [0.3, 0.4) is 0 Å². The minimum Gasteiger partial charge on any atom is -0.496 e. The van der Waals surface area contributed by atoms with Crippen LogP contribution in [0.5, 0.6) is 17.2 Å². The van der Waals surface area contributed by atoms with Crippen LogP contribution >= 0.6 is 0 Å². The van der Waals surface area contributed by atoms with E-state index in [2.05, 4.69) is 0 Å². The summed E-state index contributed by atoms with van der Waals surface area (Å²) in [6, 6.07) is 11.5. The predicted molar refractivity (Wildman–Crippen MR) is 74.1 cm³/mol. The molecular weight excluding hydrogens is 260 g/mol. The van der Waals surface area contributed by atoms with Crippen molar-refractivity contribution in [2.24, 2.45) is 5.73 Å². The number of non-ortho nitro benzene ring substituents is 1. The molecule has 2 N–H and O–H groups in total. The van der Waals surface area contributed by atoms with Crippen LogP contribution in [0.2, 0.25) is 0 Å². The van der Waals surface area contributed by atoms with Gasteiger partial charge in [0.1, 0.15) is 17.2 Å². The van der Waals surface area contributed by atoms with E-state index in [0.717, 1.165) is 5.56 Å². The van der Waals surface area contributed by atoms with E-state index in [1.54, 1.807) is 18.2 Å². The summed E-state index contributed by atoms with van der Waals surface area (Å²) in [6.45, 7) is 0.398. The number of nitrogens with zero attached hydrogens (tertiary/aromatic N) is 1. The van der Waals surface area contributed by atoms with Crippen molar-refractivity contribution in [3.8, 4) is 17.2 Å². The normalized spacial score (nSPS) is 10.1. The van der Waals surface area contributed by atoms with E-state index in [1.807, 2.05) is 12.1 Å². The molecule has 6 heteroatoms. The topological polar surface area (TPSA) is 87.6 Å². The second-order valence-electron chi connectivity index (χ2n) is 4.08. The molecule has 0 fully saturated rings. The van der Waals surface area contributed by atoms with Crippen LogP contribution in [0.25, 0.3) is 0 Å². The zero-order valence-electron chi connectivity index (χ0n) is 10.9. The summed E-state index contributed by atoms with van der Waals surface area (Å²) in [5.74, 6) is 1.27. The molecule has 0 aromatic heterocycles. The fourth-order valence-corrected chi connectivity index (χ4v) is 1.71. The minimum absolute atomic E-state index is 0.0886. The molecule has 0 aliphatic carbocycles. The zero-order chi connectivity index (χ0) is 14.5. The Labute approximate surface area is 115 Å². The fraction of sp³-hybridized carbons (Fsp3) is 0.143. The number of benzene rings is 2. The van der Waals surface area contributed by atoms with Gasteiger partial charge < -0.3 is 15.2 Å². The summed E-state index contributed by atoms with van der Waals surface area (Å²) in [5, 5.41) is 10.9. The van der Waals surface area contributed by atoms with Gasteiger partial charge in [-0.1, -0.05) is 12.1 Å². The van der Waals surface area contributed by atoms with Crippen molar-refractivity contribution in [3.63, 3.8) is 0 Å². The lowest BCUT2D eigenvalue weighted by Gasteiger charge is -2.08. The lowest BCUT2D eigenvalue weighted by molar-refractivity contribution is -0.385. The first-order valence-corrected chi connectivity index (χ1v) is 5.92. The van der Waals surface area contributed by atoms with E-state index in [-0.39, 0.29) is 5.69 Å². The van der Waals surface area contributed by atoms with E-state index in [1.165, 1.54) is 19.2 Å². The van der Waals surface area contributed by atoms with Crippen molar-refractivity contribution in [1.82, 2.24) is 0 Å². The summed E-state index contributed by atoms with van der Waals surface area (Å²) in [4.78, 5) is 10.4. The Morgan fingerprint density at radius 2 is 1.90 bits per heavy atom. The van der Waals surface area contributed by atoms with Crippen molar-refractivity contribution >= 4 is 5.69 Å². The number of rotatable bonds is 5. The van der Waals surface area contributed by atoms with E-state index >= 15 is 0 Å². The van der Waals surface area contributed by atoms with Crippen molar-refractivity contribution in [1.29, 1.82) is 0 Å². The van der Waals surface area contributed by atoms with E-state index in [4.69, 9.17) is 15.2 Å². The molecule has 0 bridgehead atoms. The van der Waals surface area contributed by atoms with Crippen molar-refractivity contribution in [2.75, 3.05) is 7.11 Å². The van der Waals surface area contributed by atoms with Gasteiger partial charge >= 0.3 is 0 Å². The Kier molecular flexibility index (Phi) is 4.17. The number of ether oxygens (including phenoxy) is 2. The third-order valence-electron chi connectivity index (χ3n) is 2.68. The van der Waals surface area contributed by atoms with Gasteiger partial charge in [-0.25, -0.2) is 0 Å². The molecule has 2 aromatic carbocycles. The molecule has 20 heavy (non-hydrogen) atoms. The molecular formula is C14H14N2O4. The average molecular weight is 274 g/mol. The maximum atomic E-state index is 10.9. The second-order valence-corrected chi connectivity index (χ2v) is 4.08. The zero-order valence-corrected chi connectivity index (χ0v) is 10.9. The molecule has 0 spiro atoms. The molecule has 0 aliphatic rings. The van der Waals surface area contributed by atoms with Crippen molar-refractivity contribution in [3.05, 3.63) is 58.1 Å². The van der Waals surface area contributed by atoms with E-state index in [9.17, 15) is 10.1 Å². The Hall–Kier alpha value is -2.60. The van der Waals surface area contributed by atoms with Crippen molar-refractivity contribution in [2.45, 2.75) is 6.54 Å². The molecule has 104 valence electrons. The van der Waals surface area contributed by atoms with Gasteiger partial charge in [0.2, 0.25) is 0 Å². The minimum atomic E-state index is -0.494. The molecule has 2 rings (SSSR count). The van der Waals surface area contributed by atoms with Gasteiger partial charge in [0.25, 0.3) is 5.69 Å². The van der Waals surface area contributed by atoms with Crippen LogP contribution in [-0.2, 0) is 6.54 Å². The fourth-order valence-electron chi connectivity index (χ4n) is 1.71. The van der Waals surface area contributed by atoms with Gasteiger partial charge in [-0.05, 0) is 17.7 Å². The standard InChI is InChI=1S/C14H14N2O4/c1-19-13-6-11(16(17)18)7-14(8-13)20-12-4-2-3-10(5-12)9-15/h2-8H,9,15H2,1H3. The summed E-state index contributed by atoms with van der Waals surface area (Å²) in [7, 11) is 1.44. The van der Waals surface area contributed by atoms with Crippen LogP contribution in [0.4, 0.5) is 5.69 Å². The molecule has 0 heterocycles. The van der Waals surface area contributed by atoms with Gasteiger partial charge in [-0.2, -0.15) is 0 Å². The molecule has 0 aliphatic heterocycles.